The molecule has 1 aromatic heterocycles. The van der Waals surface area contributed by atoms with E-state index in [9.17, 15) is 14.9 Å². The van der Waals surface area contributed by atoms with Crippen molar-refractivity contribution in [2.24, 2.45) is 0 Å². The maximum atomic E-state index is 12.5. The van der Waals surface area contributed by atoms with Crippen LogP contribution in [0, 0.1) is 10.1 Å². The van der Waals surface area contributed by atoms with Crippen molar-refractivity contribution in [2.75, 3.05) is 19.0 Å². The fourth-order valence-corrected chi connectivity index (χ4v) is 7.45. The molecule has 4 rings (SSSR count). The zero-order valence-corrected chi connectivity index (χ0v) is 20.7. The zero-order valence-electron chi connectivity index (χ0n) is 18.6. The number of nitrogens with zero attached hydrogens (tertiary/aromatic N) is 4. The predicted octanol–water partition coefficient (Wildman–Crippen LogP) is 2.55. The molecule has 170 valence electrons. The van der Waals surface area contributed by atoms with Gasteiger partial charge in [0.1, 0.15) is 0 Å². The first kappa shape index (κ1) is 22.7. The number of hydrogen-bond acceptors (Lipinski definition) is 6. The molecule has 1 unspecified atom stereocenters. The quantitative estimate of drug-likeness (QED) is 0.373. The Kier molecular flexibility index (Phi) is 7.09. The Hall–Kier alpha value is -2.47. The van der Waals surface area contributed by atoms with E-state index in [0.29, 0.717) is 10.3 Å². The van der Waals surface area contributed by atoms with Crippen LogP contribution in [-0.2, 0) is 12.8 Å². The number of carbonyl (C=O) groups is 1. The Morgan fingerprint density at radius 2 is 1.91 bits per heavy atom. The summed E-state index contributed by atoms with van der Waals surface area (Å²) < 4.78 is 1.70. The van der Waals surface area contributed by atoms with Gasteiger partial charge in [-0.1, -0.05) is 0 Å². The van der Waals surface area contributed by atoms with Crippen LogP contribution in [0.2, 0.25) is 4.71 Å². The van der Waals surface area contributed by atoms with Crippen LogP contribution < -0.4 is 14.8 Å². The van der Waals surface area contributed by atoms with Crippen LogP contribution >= 0.6 is 0 Å². The second-order valence-electron chi connectivity index (χ2n) is 8.87. The van der Waals surface area contributed by atoms with Crippen molar-refractivity contribution in [3.05, 3.63) is 51.2 Å². The minimum atomic E-state index is -0.476. The first-order valence-corrected chi connectivity index (χ1v) is 13.6. The van der Waals surface area contributed by atoms with Gasteiger partial charge in [-0.05, 0) is 0 Å². The molecular formula is C23H30AsN5O3. The van der Waals surface area contributed by atoms with Crippen LogP contribution in [0.1, 0.15) is 60.1 Å². The van der Waals surface area contributed by atoms with Crippen molar-refractivity contribution >= 4 is 37.8 Å². The summed E-state index contributed by atoms with van der Waals surface area (Å²) in [6.45, 7) is 0. The van der Waals surface area contributed by atoms with E-state index in [-0.39, 0.29) is 17.6 Å². The van der Waals surface area contributed by atoms with Gasteiger partial charge in [0, 0.05) is 0 Å². The number of nitro benzene ring substituents is 1. The summed E-state index contributed by atoms with van der Waals surface area (Å²) in [7, 11) is 4.13. The summed E-state index contributed by atoms with van der Waals surface area (Å²) in [6.07, 6.45) is 8.58. The molecule has 8 nitrogen and oxygen atoms in total. The van der Waals surface area contributed by atoms with Crippen molar-refractivity contribution in [1.29, 1.82) is 0 Å². The Morgan fingerprint density at radius 3 is 2.62 bits per heavy atom. The Morgan fingerprint density at radius 1 is 1.16 bits per heavy atom. The fourth-order valence-electron chi connectivity index (χ4n) is 4.60. The molecular weight excluding hydrogens is 469 g/mol. The third-order valence-corrected chi connectivity index (χ3v) is 9.38. The molecule has 2 aliphatic carbocycles. The number of nitro groups is 1. The molecule has 9 heteroatoms. The SMILES string of the molecule is CN(C)c1nc([AsH]C2CCC(NC(=O)c3cccc([N+](=O)[O-])c3)CC2)nc2c1CCCC2. The number of non-ortho nitro benzene ring substituents is 1. The maximum absolute atomic E-state index is 12.5. The van der Waals surface area contributed by atoms with E-state index >= 15 is 0 Å². The Balaban J connectivity index is 1.34. The van der Waals surface area contributed by atoms with E-state index in [1.54, 1.807) is 12.1 Å². The van der Waals surface area contributed by atoms with Gasteiger partial charge in [0.15, 0.2) is 0 Å². The van der Waals surface area contributed by atoms with Gasteiger partial charge in [0.2, 0.25) is 0 Å². The Labute approximate surface area is 195 Å². The van der Waals surface area contributed by atoms with Gasteiger partial charge in [-0.25, -0.2) is 0 Å². The van der Waals surface area contributed by atoms with Crippen LogP contribution in [-0.4, -0.2) is 56.7 Å². The summed E-state index contributed by atoms with van der Waals surface area (Å²) in [5.41, 5.74) is 2.87. The molecule has 1 atom stereocenters. The number of carbonyl (C=O) groups excluding carboxylic acids is 1. The van der Waals surface area contributed by atoms with Gasteiger partial charge >= 0.3 is 195 Å². The summed E-state index contributed by atoms with van der Waals surface area (Å²) in [4.78, 5) is 35.1. The van der Waals surface area contributed by atoms with E-state index in [2.05, 4.69) is 24.3 Å². The number of nitrogens with one attached hydrogen (secondary N) is 1. The number of rotatable bonds is 6. The van der Waals surface area contributed by atoms with E-state index < -0.39 is 20.7 Å². The van der Waals surface area contributed by atoms with E-state index in [0.717, 1.165) is 49.0 Å². The van der Waals surface area contributed by atoms with Gasteiger partial charge in [0.25, 0.3) is 0 Å². The standard InChI is InChI=1S/C23H30AsN5O3/c1-28(2)21-19-8-3-4-9-20(19)26-23(27-21)24-16-10-12-17(13-11-16)25-22(30)15-6-5-7-18(14-15)29(31)32/h5-7,14,16-17,24H,3-4,8-13H2,1-2H3,(H,25,30). The second-order valence-corrected chi connectivity index (χ2v) is 12.1. The Bertz CT molecular complexity index is 1010. The van der Waals surface area contributed by atoms with E-state index in [4.69, 9.17) is 9.97 Å². The topological polar surface area (TPSA) is 101 Å². The van der Waals surface area contributed by atoms with Gasteiger partial charge in [-0.15, -0.1) is 0 Å². The number of anilines is 1. The number of aryl methyl sites for hydroxylation is 1. The van der Waals surface area contributed by atoms with Crippen LogP contribution in [0.3, 0.4) is 0 Å². The van der Waals surface area contributed by atoms with Crippen molar-refractivity contribution in [3.63, 3.8) is 0 Å². The molecule has 1 saturated carbocycles. The van der Waals surface area contributed by atoms with Gasteiger partial charge in [0.05, 0.1) is 0 Å². The normalized spacial score (nSPS) is 20.7. The number of hydrogen-bond donors (Lipinski definition) is 1. The first-order chi connectivity index (χ1) is 15.4. The minimum absolute atomic E-state index is 0.0612. The summed E-state index contributed by atoms with van der Waals surface area (Å²) >= 11 is -0.446. The molecule has 0 bridgehead atoms. The molecule has 0 aliphatic heterocycles. The average molecular weight is 499 g/mol. The zero-order chi connectivity index (χ0) is 22.7. The van der Waals surface area contributed by atoms with Crippen LogP contribution in [0.5, 0.6) is 0 Å². The number of aromatic nitrogens is 2. The summed E-state index contributed by atoms with van der Waals surface area (Å²) in [6, 6.07) is 6.02. The second kappa shape index (κ2) is 9.99. The molecule has 2 aromatic rings. The van der Waals surface area contributed by atoms with Crippen LogP contribution in [0.4, 0.5) is 11.5 Å². The van der Waals surface area contributed by atoms with E-state index in [1.165, 1.54) is 36.2 Å². The molecule has 0 spiro atoms. The van der Waals surface area contributed by atoms with Crippen molar-refractivity contribution in [1.82, 2.24) is 15.3 Å². The van der Waals surface area contributed by atoms with Crippen molar-refractivity contribution < 1.29 is 9.72 Å². The van der Waals surface area contributed by atoms with Crippen molar-refractivity contribution in [3.8, 4) is 0 Å². The number of benzene rings is 1. The van der Waals surface area contributed by atoms with Gasteiger partial charge in [-0.3, -0.25) is 0 Å². The summed E-state index contributed by atoms with van der Waals surface area (Å²) in [5, 5.41) is 14.0. The third kappa shape index (κ3) is 5.29. The summed E-state index contributed by atoms with van der Waals surface area (Å²) in [5.74, 6) is 0.869. The monoisotopic (exact) mass is 499 g/mol. The predicted molar refractivity (Wildman–Crippen MR) is 126 cm³/mol. The molecule has 0 saturated heterocycles. The molecule has 1 heterocycles. The van der Waals surface area contributed by atoms with Gasteiger partial charge in [-0.2, -0.15) is 0 Å². The average Bonchev–Trinajstić information content (AvgIpc) is 2.79. The molecule has 1 aromatic carbocycles. The van der Waals surface area contributed by atoms with Crippen LogP contribution in [0.15, 0.2) is 24.3 Å². The number of amides is 1. The molecule has 1 fully saturated rings. The third-order valence-electron chi connectivity index (χ3n) is 6.30. The number of fused-ring (bicyclic) bond motifs is 1. The fraction of sp³-hybridized carbons (Fsp3) is 0.522. The van der Waals surface area contributed by atoms with Crippen molar-refractivity contribution in [2.45, 2.75) is 62.1 Å². The molecule has 2 aliphatic rings. The molecule has 0 radical (unpaired) electrons. The van der Waals surface area contributed by atoms with Gasteiger partial charge < -0.3 is 0 Å². The molecule has 32 heavy (non-hydrogen) atoms. The van der Waals surface area contributed by atoms with Crippen LogP contribution in [0.25, 0.3) is 0 Å². The molecule has 1 amide bonds. The molecule has 1 N–H and O–H groups in total. The first-order valence-electron chi connectivity index (χ1n) is 11.3. The van der Waals surface area contributed by atoms with E-state index in [1.807, 2.05) is 0 Å².